The number of aliphatic carboxylic acids is 3. The molecule has 1 saturated carbocycles. The van der Waals surface area contributed by atoms with Gasteiger partial charge in [0.05, 0.1) is 0 Å². The molecule has 0 aromatic heterocycles. The molecule has 0 saturated heterocycles. The number of aliphatic hydroxyl groups is 1. The van der Waals surface area contributed by atoms with Gasteiger partial charge in [-0.15, -0.1) is 0 Å². The number of aldehydes is 1. The maximum atomic E-state index is 10.4. The second-order valence-corrected chi connectivity index (χ2v) is 11.7. The van der Waals surface area contributed by atoms with Gasteiger partial charge in [-0.1, -0.05) is 142 Å². The number of aliphatic hydroxyl groups excluding tert-OH is 1. The number of carbonyl (C=O) groups excluding carboxylic acids is 1. The van der Waals surface area contributed by atoms with E-state index in [2.05, 4.69) is 13.8 Å². The SMILES string of the molecule is CCCCCCCCCCCCCC(=O)O.CCCCCCCCCCCCCC=O.CO.O=C(O)C1(C(=O)O)CCC1.[NH2-].[NH2-].[Pt+2]. The predicted octanol–water partition coefficient (Wildman–Crippen LogP) is 11.0. The standard InChI is InChI=1S/C14H28O2.C14H28O.C6H8O4.CH4O.2H2N.Pt/c1-2-3-4-5-6-7-8-9-10-11-12-13-14(15)16;1-2-3-4-5-6-7-8-9-10-11-12-13-14-15;7-4(8)6(5(9)10)2-1-3-6;1-2;;;/h2-13H2,1H3,(H,15,16);14H,2-13H2,1H3;1-3H2,(H,7,8)(H,9,10);2H,1H3;2*1H2;/q;;;;2*-1;+2. The van der Waals surface area contributed by atoms with Gasteiger partial charge in [-0.25, -0.2) is 0 Å². The van der Waals surface area contributed by atoms with Gasteiger partial charge in [-0.05, 0) is 32.1 Å². The summed E-state index contributed by atoms with van der Waals surface area (Å²) < 4.78 is 0. The monoisotopic (exact) mass is 843 g/mol. The minimum atomic E-state index is -1.44. The first-order valence-electron chi connectivity index (χ1n) is 17.3. The number of nitrogens with two attached hydrogens (primary N) is 2. The van der Waals surface area contributed by atoms with Crippen molar-refractivity contribution in [2.75, 3.05) is 7.11 Å². The molecule has 8 N–H and O–H groups in total. The number of carboxylic acid groups (broad SMARTS) is 3. The summed E-state index contributed by atoms with van der Waals surface area (Å²) in [7, 11) is 1.00. The minimum Gasteiger partial charge on any atom is -0.693 e. The quantitative estimate of drug-likeness (QED) is 0.0372. The van der Waals surface area contributed by atoms with E-state index in [1.54, 1.807) is 0 Å². The van der Waals surface area contributed by atoms with Crippen molar-refractivity contribution in [3.8, 4) is 0 Å². The molecule has 0 heterocycles. The fourth-order valence-electron chi connectivity index (χ4n) is 4.88. The summed E-state index contributed by atoms with van der Waals surface area (Å²) >= 11 is 0. The smallest absolute Gasteiger partial charge is 0.693 e. The number of hydrogen-bond acceptors (Lipinski definition) is 5. The van der Waals surface area contributed by atoms with Gasteiger partial charge in [0.2, 0.25) is 0 Å². The van der Waals surface area contributed by atoms with E-state index in [-0.39, 0.29) is 46.2 Å². The predicted molar refractivity (Wildman–Crippen MR) is 186 cm³/mol. The zero-order valence-electron chi connectivity index (χ0n) is 29.6. The molecule has 0 bridgehead atoms. The third-order valence-electron chi connectivity index (χ3n) is 7.95. The molecule has 0 aromatic rings. The van der Waals surface area contributed by atoms with E-state index in [4.69, 9.17) is 20.4 Å². The Morgan fingerprint density at radius 3 is 1.02 bits per heavy atom. The second kappa shape index (κ2) is 45.8. The van der Waals surface area contributed by atoms with Crippen LogP contribution in [0.1, 0.15) is 187 Å². The Balaban J connectivity index is -0.000000125. The molecule has 0 aromatic carbocycles. The summed E-state index contributed by atoms with van der Waals surface area (Å²) in [6.07, 6.45) is 32.3. The molecule has 11 heteroatoms. The van der Waals surface area contributed by atoms with Gasteiger partial charge in [-0.2, -0.15) is 0 Å². The maximum absolute atomic E-state index is 10.4. The van der Waals surface area contributed by atoms with Gasteiger partial charge in [0.15, 0.2) is 5.41 Å². The van der Waals surface area contributed by atoms with Crippen LogP contribution in [-0.2, 0) is 40.2 Å². The normalized spacial score (nSPS) is 11.8. The van der Waals surface area contributed by atoms with Crippen molar-refractivity contribution in [3.05, 3.63) is 12.3 Å². The van der Waals surface area contributed by atoms with Gasteiger partial charge in [-0.3, -0.25) is 14.4 Å². The van der Waals surface area contributed by atoms with E-state index in [1.807, 2.05) is 0 Å². The molecule has 1 aliphatic carbocycles. The molecule has 0 spiro atoms. The molecule has 0 aliphatic heterocycles. The molecule has 0 atom stereocenters. The zero-order chi connectivity index (χ0) is 33.0. The van der Waals surface area contributed by atoms with Crippen LogP contribution in [0.4, 0.5) is 0 Å². The number of carboxylic acids is 3. The molecule has 0 unspecified atom stereocenters. The first kappa shape index (κ1) is 56.9. The van der Waals surface area contributed by atoms with Crippen LogP contribution in [-0.4, -0.2) is 51.7 Å². The van der Waals surface area contributed by atoms with Crippen molar-refractivity contribution in [2.24, 2.45) is 5.41 Å². The fourth-order valence-corrected chi connectivity index (χ4v) is 4.88. The molecular weight excluding hydrogens is 771 g/mol. The molecule has 1 aliphatic rings. The molecule has 10 nitrogen and oxygen atoms in total. The summed E-state index contributed by atoms with van der Waals surface area (Å²) in [6.45, 7) is 4.51. The van der Waals surface area contributed by atoms with E-state index in [0.29, 0.717) is 12.8 Å². The average molecular weight is 844 g/mol. The van der Waals surface area contributed by atoms with Gasteiger partial charge < -0.3 is 37.5 Å². The number of unbranched alkanes of at least 4 members (excludes halogenated alkanes) is 21. The number of hydrogen-bond donors (Lipinski definition) is 4. The van der Waals surface area contributed by atoms with E-state index >= 15 is 0 Å². The summed E-state index contributed by atoms with van der Waals surface area (Å²) in [4.78, 5) is 41.1. The van der Waals surface area contributed by atoms with Crippen LogP contribution in [0.3, 0.4) is 0 Å². The Hall–Kier alpha value is -1.35. The first-order valence-corrected chi connectivity index (χ1v) is 17.3. The molecule has 46 heavy (non-hydrogen) atoms. The number of rotatable bonds is 26. The Morgan fingerprint density at radius 2 is 0.826 bits per heavy atom. The zero-order valence-corrected chi connectivity index (χ0v) is 31.8. The molecule has 1 rings (SSSR count). The number of carbonyl (C=O) groups is 4. The van der Waals surface area contributed by atoms with Gasteiger partial charge in [0.1, 0.15) is 6.29 Å². The molecular formula is C35H72N2O8Pt. The topological polar surface area (TPSA) is 216 Å². The van der Waals surface area contributed by atoms with E-state index in [9.17, 15) is 19.2 Å². The van der Waals surface area contributed by atoms with Crippen LogP contribution in [0.25, 0.3) is 12.3 Å². The largest absolute Gasteiger partial charge is 2.00 e. The Bertz CT molecular complexity index is 634. The molecule has 0 radical (unpaired) electrons. The van der Waals surface area contributed by atoms with E-state index in [0.717, 1.165) is 39.1 Å². The van der Waals surface area contributed by atoms with Gasteiger partial charge in [0.25, 0.3) is 0 Å². The van der Waals surface area contributed by atoms with Crippen molar-refractivity contribution in [2.45, 2.75) is 187 Å². The fraction of sp³-hybridized carbons (Fsp3) is 0.886. The van der Waals surface area contributed by atoms with Crippen molar-refractivity contribution in [1.82, 2.24) is 0 Å². The summed E-state index contributed by atoms with van der Waals surface area (Å²) in [5.41, 5.74) is -1.44. The third-order valence-corrected chi connectivity index (χ3v) is 7.95. The summed E-state index contributed by atoms with van der Waals surface area (Å²) in [5.74, 6) is -3.06. The molecule has 280 valence electrons. The van der Waals surface area contributed by atoms with Crippen LogP contribution in [0.15, 0.2) is 0 Å². The second-order valence-electron chi connectivity index (χ2n) is 11.7. The molecule has 0 amide bonds. The summed E-state index contributed by atoms with van der Waals surface area (Å²) in [6, 6.07) is 0. The van der Waals surface area contributed by atoms with Crippen molar-refractivity contribution < 1.29 is 60.7 Å². The summed E-state index contributed by atoms with van der Waals surface area (Å²) in [5, 5.41) is 32.4. The van der Waals surface area contributed by atoms with Crippen molar-refractivity contribution in [3.63, 3.8) is 0 Å². The van der Waals surface area contributed by atoms with Crippen molar-refractivity contribution >= 4 is 24.2 Å². The van der Waals surface area contributed by atoms with E-state index in [1.165, 1.54) is 122 Å². The average Bonchev–Trinajstić information content (AvgIpc) is 2.95. The molecule has 1 fully saturated rings. The first-order chi connectivity index (χ1) is 20.8. The Labute approximate surface area is 296 Å². The Kier molecular flexibility index (Phi) is 56.7. The van der Waals surface area contributed by atoms with E-state index < -0.39 is 23.3 Å². The third kappa shape index (κ3) is 38.8. The van der Waals surface area contributed by atoms with Crippen LogP contribution in [0.5, 0.6) is 0 Å². The van der Waals surface area contributed by atoms with Crippen LogP contribution >= 0.6 is 0 Å². The van der Waals surface area contributed by atoms with Gasteiger partial charge >= 0.3 is 39.0 Å². The van der Waals surface area contributed by atoms with Crippen molar-refractivity contribution in [1.29, 1.82) is 0 Å². The minimum absolute atomic E-state index is 0. The maximum Gasteiger partial charge on any atom is 2.00 e. The van der Waals surface area contributed by atoms with Gasteiger partial charge in [0, 0.05) is 20.0 Å². The Morgan fingerprint density at radius 1 is 0.543 bits per heavy atom. The van der Waals surface area contributed by atoms with Crippen LogP contribution < -0.4 is 0 Å². The van der Waals surface area contributed by atoms with Crippen LogP contribution in [0.2, 0.25) is 0 Å². The van der Waals surface area contributed by atoms with Crippen LogP contribution in [0, 0.1) is 5.41 Å².